The van der Waals surface area contributed by atoms with Crippen LogP contribution in [0.15, 0.2) is 30.3 Å². The van der Waals surface area contributed by atoms with E-state index in [1.165, 1.54) is 24.4 Å². The lowest BCUT2D eigenvalue weighted by Crippen LogP contribution is -2.24. The van der Waals surface area contributed by atoms with Gasteiger partial charge in [0.05, 0.1) is 12.4 Å². The molecule has 0 aliphatic heterocycles. The molecule has 2 atom stereocenters. The molecular formula is C12H16O2S2. The third kappa shape index (κ3) is 3.19. The molecule has 0 heterocycles. The molecule has 0 aliphatic rings. The molecule has 0 fully saturated rings. The number of ether oxygens (including phenoxy) is 1. The van der Waals surface area contributed by atoms with Crippen molar-refractivity contribution in [1.29, 1.82) is 0 Å². The Labute approximate surface area is 105 Å². The lowest BCUT2D eigenvalue weighted by molar-refractivity contribution is -0.139. The van der Waals surface area contributed by atoms with Crippen LogP contribution in [0.1, 0.15) is 10.8 Å². The smallest absolute Gasteiger partial charge is 0.320 e. The summed E-state index contributed by atoms with van der Waals surface area (Å²) in [6, 6.07) is 10.1. The highest BCUT2D eigenvalue weighted by atomic mass is 32.2. The number of rotatable bonds is 5. The van der Waals surface area contributed by atoms with Crippen LogP contribution in [0.25, 0.3) is 0 Å². The van der Waals surface area contributed by atoms with Crippen LogP contribution in [0.5, 0.6) is 0 Å². The number of methoxy groups -OCH3 is 1. The minimum atomic E-state index is -0.157. The maximum Gasteiger partial charge on any atom is 0.320 e. The summed E-state index contributed by atoms with van der Waals surface area (Å²) in [5.74, 6) is -0.157. The summed E-state index contributed by atoms with van der Waals surface area (Å²) in [4.78, 5) is 11.7. The van der Waals surface area contributed by atoms with Crippen molar-refractivity contribution >= 4 is 29.5 Å². The molecular weight excluding hydrogens is 240 g/mol. The second kappa shape index (κ2) is 6.86. The van der Waals surface area contributed by atoms with Crippen LogP contribution in [-0.4, -0.2) is 30.8 Å². The lowest BCUT2D eigenvalue weighted by atomic mass is 10.1. The summed E-state index contributed by atoms with van der Waals surface area (Å²) in [6.07, 6.45) is 3.96. The molecule has 0 saturated carbocycles. The van der Waals surface area contributed by atoms with E-state index in [4.69, 9.17) is 4.74 Å². The number of hydrogen-bond donors (Lipinski definition) is 0. The van der Waals surface area contributed by atoms with E-state index in [9.17, 15) is 4.79 Å². The zero-order valence-electron chi connectivity index (χ0n) is 9.67. The molecule has 1 aromatic rings. The van der Waals surface area contributed by atoms with E-state index < -0.39 is 0 Å². The van der Waals surface area contributed by atoms with Gasteiger partial charge in [-0.3, -0.25) is 4.79 Å². The van der Waals surface area contributed by atoms with Gasteiger partial charge in [0.2, 0.25) is 0 Å². The average molecular weight is 256 g/mol. The topological polar surface area (TPSA) is 26.3 Å². The van der Waals surface area contributed by atoms with Crippen LogP contribution in [0.4, 0.5) is 0 Å². The van der Waals surface area contributed by atoms with Crippen molar-refractivity contribution < 1.29 is 9.53 Å². The van der Waals surface area contributed by atoms with Gasteiger partial charge in [-0.2, -0.15) is 11.8 Å². The third-order valence-corrected chi connectivity index (χ3v) is 4.54. The zero-order valence-corrected chi connectivity index (χ0v) is 11.3. The van der Waals surface area contributed by atoms with Crippen LogP contribution in [-0.2, 0) is 9.53 Å². The van der Waals surface area contributed by atoms with Crippen LogP contribution < -0.4 is 0 Å². The first-order chi connectivity index (χ1) is 7.74. The standard InChI is InChI=1S/C12H16O2S2/c1-14-12(13)11(16-3)10(15-2)9-7-5-4-6-8-9/h4-8,10-11H,1-3H3. The molecule has 0 amide bonds. The number of hydrogen-bond acceptors (Lipinski definition) is 4. The molecule has 16 heavy (non-hydrogen) atoms. The first kappa shape index (κ1) is 13.5. The van der Waals surface area contributed by atoms with Crippen molar-refractivity contribution in [3.8, 4) is 0 Å². The fraction of sp³-hybridized carbons (Fsp3) is 0.417. The van der Waals surface area contributed by atoms with E-state index in [0.29, 0.717) is 0 Å². The minimum Gasteiger partial charge on any atom is -0.468 e. The van der Waals surface area contributed by atoms with E-state index in [1.807, 2.05) is 42.8 Å². The summed E-state index contributed by atoms with van der Waals surface area (Å²) in [5.41, 5.74) is 1.17. The van der Waals surface area contributed by atoms with Gasteiger partial charge in [0.1, 0.15) is 5.25 Å². The highest BCUT2D eigenvalue weighted by Gasteiger charge is 2.28. The molecule has 0 aliphatic carbocycles. The first-order valence-electron chi connectivity index (χ1n) is 4.93. The van der Waals surface area contributed by atoms with Crippen LogP contribution in [0.3, 0.4) is 0 Å². The highest BCUT2D eigenvalue weighted by molar-refractivity contribution is 8.03. The van der Waals surface area contributed by atoms with Gasteiger partial charge in [0.15, 0.2) is 0 Å². The quantitative estimate of drug-likeness (QED) is 0.757. The number of carbonyl (C=O) groups excluding carboxylic acids is 1. The largest absolute Gasteiger partial charge is 0.468 e. The van der Waals surface area contributed by atoms with Crippen molar-refractivity contribution in [1.82, 2.24) is 0 Å². The molecule has 2 unspecified atom stereocenters. The van der Waals surface area contributed by atoms with E-state index in [0.717, 1.165) is 0 Å². The Morgan fingerprint density at radius 3 is 2.25 bits per heavy atom. The predicted octanol–water partition coefficient (Wildman–Crippen LogP) is 3.00. The van der Waals surface area contributed by atoms with Gasteiger partial charge in [0, 0.05) is 0 Å². The summed E-state index contributed by atoms with van der Waals surface area (Å²) in [6.45, 7) is 0. The molecule has 1 rings (SSSR count). The molecule has 0 spiro atoms. The molecule has 0 saturated heterocycles. The monoisotopic (exact) mass is 256 g/mol. The average Bonchev–Trinajstić information content (AvgIpc) is 2.36. The Morgan fingerprint density at radius 2 is 1.81 bits per heavy atom. The Hall–Kier alpha value is -0.610. The lowest BCUT2D eigenvalue weighted by Gasteiger charge is -2.22. The van der Waals surface area contributed by atoms with Crippen LogP contribution in [0, 0.1) is 0 Å². The van der Waals surface area contributed by atoms with E-state index in [1.54, 1.807) is 11.8 Å². The second-order valence-electron chi connectivity index (χ2n) is 3.25. The Balaban J connectivity index is 2.92. The van der Waals surface area contributed by atoms with E-state index in [-0.39, 0.29) is 16.5 Å². The van der Waals surface area contributed by atoms with Gasteiger partial charge in [-0.15, -0.1) is 11.8 Å². The molecule has 4 heteroatoms. The summed E-state index contributed by atoms with van der Waals surface area (Å²) >= 11 is 3.21. The fourth-order valence-electron chi connectivity index (χ4n) is 1.54. The maximum atomic E-state index is 11.7. The maximum absolute atomic E-state index is 11.7. The molecule has 0 N–H and O–H groups in total. The number of esters is 1. The molecule has 0 aromatic heterocycles. The second-order valence-corrected chi connectivity index (χ2v) is 5.20. The first-order valence-corrected chi connectivity index (χ1v) is 7.50. The Morgan fingerprint density at radius 1 is 1.19 bits per heavy atom. The Bertz CT molecular complexity index is 327. The SMILES string of the molecule is COC(=O)C(SC)C(SC)c1ccccc1. The van der Waals surface area contributed by atoms with Gasteiger partial charge in [-0.05, 0) is 18.1 Å². The molecule has 0 bridgehead atoms. The summed E-state index contributed by atoms with van der Waals surface area (Å²) < 4.78 is 4.83. The summed E-state index contributed by atoms with van der Waals surface area (Å²) in [7, 11) is 1.44. The minimum absolute atomic E-state index is 0.142. The van der Waals surface area contributed by atoms with Gasteiger partial charge >= 0.3 is 5.97 Å². The van der Waals surface area contributed by atoms with Gasteiger partial charge in [0.25, 0.3) is 0 Å². The number of carbonyl (C=O) groups is 1. The fourth-order valence-corrected chi connectivity index (χ4v) is 3.68. The van der Waals surface area contributed by atoms with Crippen molar-refractivity contribution in [3.05, 3.63) is 35.9 Å². The normalized spacial score (nSPS) is 14.2. The molecule has 0 radical (unpaired) electrons. The van der Waals surface area contributed by atoms with Crippen LogP contribution in [0.2, 0.25) is 0 Å². The third-order valence-electron chi connectivity index (χ3n) is 2.34. The molecule has 2 nitrogen and oxygen atoms in total. The summed E-state index contributed by atoms with van der Waals surface area (Å²) in [5, 5.41) is -0.00829. The zero-order chi connectivity index (χ0) is 12.0. The van der Waals surface area contributed by atoms with Crippen LogP contribution >= 0.6 is 23.5 Å². The Kier molecular flexibility index (Phi) is 5.77. The highest BCUT2D eigenvalue weighted by Crippen LogP contribution is 2.36. The molecule has 1 aromatic carbocycles. The van der Waals surface area contributed by atoms with E-state index in [2.05, 4.69) is 0 Å². The van der Waals surface area contributed by atoms with Crippen molar-refractivity contribution in [3.63, 3.8) is 0 Å². The molecule has 88 valence electrons. The van der Waals surface area contributed by atoms with Gasteiger partial charge in [-0.1, -0.05) is 30.3 Å². The van der Waals surface area contributed by atoms with Crippen molar-refractivity contribution in [2.45, 2.75) is 10.5 Å². The van der Waals surface area contributed by atoms with Crippen molar-refractivity contribution in [2.24, 2.45) is 0 Å². The van der Waals surface area contributed by atoms with E-state index >= 15 is 0 Å². The number of benzene rings is 1. The van der Waals surface area contributed by atoms with Crippen molar-refractivity contribution in [2.75, 3.05) is 19.6 Å². The van der Waals surface area contributed by atoms with Gasteiger partial charge in [-0.25, -0.2) is 0 Å². The number of thioether (sulfide) groups is 2. The van der Waals surface area contributed by atoms with Gasteiger partial charge < -0.3 is 4.74 Å². The predicted molar refractivity (Wildman–Crippen MR) is 72.0 cm³/mol.